The van der Waals surface area contributed by atoms with Gasteiger partial charge in [0, 0.05) is 45.9 Å². The molecule has 3 rings (SSSR count). The lowest BCUT2D eigenvalue weighted by molar-refractivity contribution is 0.180. The number of pyridine rings is 1. The Bertz CT molecular complexity index is 658. The quantitative estimate of drug-likeness (QED) is 0.651. The van der Waals surface area contributed by atoms with Crippen LogP contribution in [-0.4, -0.2) is 39.8 Å². The van der Waals surface area contributed by atoms with Crippen molar-refractivity contribution in [1.29, 1.82) is 0 Å². The molecule has 3 heterocycles. The molecule has 1 fully saturated rings. The summed E-state index contributed by atoms with van der Waals surface area (Å²) in [6.45, 7) is 1.59. The summed E-state index contributed by atoms with van der Waals surface area (Å²) >= 11 is 5.59. The molecule has 0 spiro atoms. The number of nitrogens with one attached hydrogen (secondary N) is 1. The van der Waals surface area contributed by atoms with Crippen molar-refractivity contribution < 1.29 is 4.74 Å². The van der Waals surface area contributed by atoms with Crippen molar-refractivity contribution in [2.24, 2.45) is 7.05 Å². The Kier molecular flexibility index (Phi) is 4.93. The zero-order chi connectivity index (χ0) is 16.2. The molecule has 0 radical (unpaired) electrons. The largest absolute Gasteiger partial charge is 0.385 e. The molecule has 1 aliphatic rings. The second-order valence-electron chi connectivity index (χ2n) is 5.78. The maximum Gasteiger partial charge on any atom is 0.170 e. The molecule has 2 aromatic heterocycles. The van der Waals surface area contributed by atoms with Crippen LogP contribution in [0, 0.1) is 0 Å². The van der Waals surface area contributed by atoms with Gasteiger partial charge in [0.1, 0.15) is 0 Å². The molecular weight excluding hydrogens is 308 g/mol. The maximum absolute atomic E-state index is 5.59. The van der Waals surface area contributed by atoms with Crippen molar-refractivity contribution in [3.05, 3.63) is 54.1 Å². The van der Waals surface area contributed by atoms with Crippen molar-refractivity contribution in [1.82, 2.24) is 19.8 Å². The van der Waals surface area contributed by atoms with Crippen LogP contribution in [0.1, 0.15) is 29.8 Å². The lowest BCUT2D eigenvalue weighted by Gasteiger charge is -2.27. The third kappa shape index (κ3) is 3.38. The highest BCUT2D eigenvalue weighted by molar-refractivity contribution is 7.80. The van der Waals surface area contributed by atoms with E-state index in [1.54, 1.807) is 7.11 Å². The lowest BCUT2D eigenvalue weighted by atomic mass is 9.99. The first-order valence-corrected chi connectivity index (χ1v) is 8.20. The van der Waals surface area contributed by atoms with E-state index in [-0.39, 0.29) is 12.1 Å². The smallest absolute Gasteiger partial charge is 0.170 e. The number of aromatic nitrogens is 2. The molecule has 0 bridgehead atoms. The van der Waals surface area contributed by atoms with Gasteiger partial charge in [-0.2, -0.15) is 0 Å². The summed E-state index contributed by atoms with van der Waals surface area (Å²) in [6, 6.07) is 8.37. The summed E-state index contributed by atoms with van der Waals surface area (Å²) in [7, 11) is 3.77. The van der Waals surface area contributed by atoms with E-state index in [9.17, 15) is 0 Å². The lowest BCUT2D eigenvalue weighted by Crippen LogP contribution is -2.31. The van der Waals surface area contributed by atoms with Crippen LogP contribution in [0.2, 0.25) is 0 Å². The van der Waals surface area contributed by atoms with Crippen LogP contribution in [-0.2, 0) is 11.8 Å². The highest BCUT2D eigenvalue weighted by atomic mass is 32.1. The van der Waals surface area contributed by atoms with Gasteiger partial charge in [-0.1, -0.05) is 6.07 Å². The molecule has 6 heteroatoms. The Morgan fingerprint density at radius 2 is 2.22 bits per heavy atom. The van der Waals surface area contributed by atoms with Gasteiger partial charge in [-0.15, -0.1) is 0 Å². The molecule has 1 N–H and O–H groups in total. The molecular formula is C17H22N4OS. The van der Waals surface area contributed by atoms with Gasteiger partial charge < -0.3 is 19.5 Å². The number of ether oxygens (including phenoxy) is 1. The summed E-state index contributed by atoms with van der Waals surface area (Å²) in [4.78, 5) is 6.78. The number of thiocarbonyl (C=S) groups is 1. The van der Waals surface area contributed by atoms with Crippen LogP contribution >= 0.6 is 12.2 Å². The number of rotatable bonds is 6. The fourth-order valence-corrected chi connectivity index (χ4v) is 3.42. The molecule has 23 heavy (non-hydrogen) atoms. The third-order valence-electron chi connectivity index (χ3n) is 4.14. The average molecular weight is 330 g/mol. The van der Waals surface area contributed by atoms with Crippen LogP contribution in [0.3, 0.4) is 0 Å². The molecule has 0 amide bonds. The SMILES string of the molecule is COCCCN1C(=S)NC(c2ccccn2)C1c1ccn(C)c1. The third-order valence-corrected chi connectivity index (χ3v) is 4.49. The fourth-order valence-electron chi connectivity index (χ4n) is 3.09. The summed E-state index contributed by atoms with van der Waals surface area (Å²) in [6.07, 6.45) is 6.99. The van der Waals surface area contributed by atoms with E-state index in [0.29, 0.717) is 0 Å². The summed E-state index contributed by atoms with van der Waals surface area (Å²) in [5, 5.41) is 4.23. The van der Waals surface area contributed by atoms with Gasteiger partial charge in [0.15, 0.2) is 5.11 Å². The molecule has 0 aliphatic carbocycles. The average Bonchev–Trinajstić information content (AvgIpc) is 3.12. The molecule has 1 saturated heterocycles. The molecule has 2 aromatic rings. The number of aryl methyl sites for hydroxylation is 1. The zero-order valence-corrected chi connectivity index (χ0v) is 14.3. The summed E-state index contributed by atoms with van der Waals surface area (Å²) in [5.41, 5.74) is 2.26. The van der Waals surface area contributed by atoms with Crippen LogP contribution in [0.15, 0.2) is 42.9 Å². The van der Waals surface area contributed by atoms with Crippen LogP contribution in [0.5, 0.6) is 0 Å². The first kappa shape index (κ1) is 16.0. The Labute approximate surface area is 142 Å². The highest BCUT2D eigenvalue weighted by Gasteiger charge is 2.39. The highest BCUT2D eigenvalue weighted by Crippen LogP contribution is 2.38. The number of nitrogens with zero attached hydrogens (tertiary/aromatic N) is 3. The van der Waals surface area contributed by atoms with Gasteiger partial charge in [0.25, 0.3) is 0 Å². The Morgan fingerprint density at radius 3 is 2.87 bits per heavy atom. The van der Waals surface area contributed by atoms with Crippen molar-refractivity contribution >= 4 is 17.3 Å². The predicted octanol–water partition coefficient (Wildman–Crippen LogP) is 2.43. The molecule has 0 aromatic carbocycles. The van der Waals surface area contributed by atoms with Crippen molar-refractivity contribution in [3.63, 3.8) is 0 Å². The predicted molar refractivity (Wildman–Crippen MR) is 94.1 cm³/mol. The van der Waals surface area contributed by atoms with Crippen molar-refractivity contribution in [3.8, 4) is 0 Å². The topological polar surface area (TPSA) is 42.3 Å². The van der Waals surface area contributed by atoms with Crippen LogP contribution in [0.4, 0.5) is 0 Å². The van der Waals surface area contributed by atoms with Crippen molar-refractivity contribution in [2.75, 3.05) is 20.3 Å². The van der Waals surface area contributed by atoms with Gasteiger partial charge in [-0.25, -0.2) is 0 Å². The normalized spacial score (nSPS) is 20.8. The Hall–Kier alpha value is -1.92. The fraction of sp³-hybridized carbons (Fsp3) is 0.412. The first-order chi connectivity index (χ1) is 11.2. The van der Waals surface area contributed by atoms with Gasteiger partial charge in [-0.05, 0) is 42.4 Å². The molecule has 2 atom stereocenters. The van der Waals surface area contributed by atoms with Crippen LogP contribution in [0.25, 0.3) is 0 Å². The number of hydrogen-bond donors (Lipinski definition) is 1. The van der Waals surface area contributed by atoms with E-state index >= 15 is 0 Å². The van der Waals surface area contributed by atoms with Gasteiger partial charge in [0.05, 0.1) is 17.8 Å². The van der Waals surface area contributed by atoms with Crippen LogP contribution < -0.4 is 5.32 Å². The number of hydrogen-bond acceptors (Lipinski definition) is 3. The Balaban J connectivity index is 1.91. The van der Waals surface area contributed by atoms with E-state index in [4.69, 9.17) is 17.0 Å². The van der Waals surface area contributed by atoms with Crippen molar-refractivity contribution in [2.45, 2.75) is 18.5 Å². The molecule has 1 aliphatic heterocycles. The maximum atomic E-state index is 5.59. The molecule has 5 nitrogen and oxygen atoms in total. The van der Waals surface area contributed by atoms with E-state index in [1.807, 2.05) is 25.4 Å². The van der Waals surface area contributed by atoms with E-state index < -0.39 is 0 Å². The Morgan fingerprint density at radius 1 is 1.35 bits per heavy atom. The van der Waals surface area contributed by atoms with E-state index in [0.717, 1.165) is 30.4 Å². The van der Waals surface area contributed by atoms with E-state index in [2.05, 4.69) is 44.3 Å². The minimum atomic E-state index is 0.0636. The van der Waals surface area contributed by atoms with Gasteiger partial charge in [0.2, 0.25) is 0 Å². The van der Waals surface area contributed by atoms with E-state index in [1.165, 1.54) is 5.56 Å². The first-order valence-electron chi connectivity index (χ1n) is 7.79. The minimum absolute atomic E-state index is 0.0636. The molecule has 2 unspecified atom stereocenters. The summed E-state index contributed by atoms with van der Waals surface area (Å²) < 4.78 is 7.26. The molecule has 122 valence electrons. The second kappa shape index (κ2) is 7.10. The summed E-state index contributed by atoms with van der Waals surface area (Å²) in [5.74, 6) is 0. The standard InChI is InChI=1S/C17H22N4OS/c1-20-10-7-13(12-20)16-15(14-6-3-4-8-18-14)19-17(23)21(16)9-5-11-22-2/h3-4,6-8,10,12,15-16H,5,9,11H2,1-2H3,(H,19,23). The zero-order valence-electron chi connectivity index (χ0n) is 13.5. The van der Waals surface area contributed by atoms with Gasteiger partial charge in [-0.3, -0.25) is 4.98 Å². The number of methoxy groups -OCH3 is 1. The minimum Gasteiger partial charge on any atom is -0.385 e. The second-order valence-corrected chi connectivity index (χ2v) is 6.16. The monoisotopic (exact) mass is 330 g/mol. The molecule has 0 saturated carbocycles. The van der Waals surface area contributed by atoms with Gasteiger partial charge >= 0.3 is 0 Å².